The molecule has 0 bridgehead atoms. The molecule has 2 heterocycles. The van der Waals surface area contributed by atoms with E-state index in [0.29, 0.717) is 35.1 Å². The third kappa shape index (κ3) is 4.59. The molecular formula is C25H22N4O2. The van der Waals surface area contributed by atoms with Crippen LogP contribution in [0.3, 0.4) is 0 Å². The molecule has 1 amide bonds. The summed E-state index contributed by atoms with van der Waals surface area (Å²) < 4.78 is 5.62. The van der Waals surface area contributed by atoms with Gasteiger partial charge in [-0.2, -0.15) is 0 Å². The molecule has 0 atom stereocenters. The smallest absolute Gasteiger partial charge is 0.259 e. The summed E-state index contributed by atoms with van der Waals surface area (Å²) in [5.41, 5.74) is 4.33. The molecule has 0 spiro atoms. The lowest BCUT2D eigenvalue weighted by atomic mass is 10.1. The molecule has 2 aromatic heterocycles. The highest BCUT2D eigenvalue weighted by Crippen LogP contribution is 2.28. The zero-order valence-corrected chi connectivity index (χ0v) is 17.4. The number of carbonyl (C=O) groups excluding carboxylic acids is 1. The van der Waals surface area contributed by atoms with Crippen LogP contribution in [-0.2, 0) is 0 Å². The van der Waals surface area contributed by atoms with Gasteiger partial charge in [0.2, 0.25) is 0 Å². The molecule has 4 rings (SSSR count). The van der Waals surface area contributed by atoms with Gasteiger partial charge in [-0.05, 0) is 38.1 Å². The van der Waals surface area contributed by atoms with Gasteiger partial charge in [0.25, 0.3) is 5.91 Å². The molecule has 0 radical (unpaired) electrons. The van der Waals surface area contributed by atoms with Crippen molar-refractivity contribution >= 4 is 11.6 Å². The predicted molar refractivity (Wildman–Crippen MR) is 121 cm³/mol. The summed E-state index contributed by atoms with van der Waals surface area (Å²) in [5.74, 6) is 0.855. The number of rotatable bonds is 6. The van der Waals surface area contributed by atoms with Gasteiger partial charge in [-0.15, -0.1) is 0 Å². The average Bonchev–Trinajstić information content (AvgIpc) is 2.81. The quantitative estimate of drug-likeness (QED) is 0.475. The van der Waals surface area contributed by atoms with E-state index < -0.39 is 0 Å². The van der Waals surface area contributed by atoms with Gasteiger partial charge in [0, 0.05) is 29.7 Å². The number of nitrogens with zero attached hydrogens (tertiary/aromatic N) is 3. The lowest BCUT2D eigenvalue weighted by Crippen LogP contribution is -2.15. The molecule has 31 heavy (non-hydrogen) atoms. The molecular weight excluding hydrogens is 388 g/mol. The summed E-state index contributed by atoms with van der Waals surface area (Å²) in [5, 5.41) is 2.93. The summed E-state index contributed by atoms with van der Waals surface area (Å²) in [7, 11) is 0. The van der Waals surface area contributed by atoms with Crippen molar-refractivity contribution in [3.63, 3.8) is 0 Å². The minimum atomic E-state index is -0.311. The lowest BCUT2D eigenvalue weighted by molar-refractivity contribution is 0.102. The van der Waals surface area contributed by atoms with E-state index >= 15 is 0 Å². The molecule has 1 N–H and O–H groups in total. The fourth-order valence-corrected chi connectivity index (χ4v) is 3.16. The topological polar surface area (TPSA) is 77.0 Å². The van der Waals surface area contributed by atoms with Crippen LogP contribution in [0.1, 0.15) is 22.8 Å². The summed E-state index contributed by atoms with van der Waals surface area (Å²) in [6.07, 6.45) is 4.92. The number of pyridine rings is 1. The van der Waals surface area contributed by atoms with Gasteiger partial charge in [0.1, 0.15) is 5.75 Å². The normalized spacial score (nSPS) is 10.5. The highest BCUT2D eigenvalue weighted by molar-refractivity contribution is 6.08. The van der Waals surface area contributed by atoms with Crippen LogP contribution in [0.4, 0.5) is 5.69 Å². The fraction of sp³-hybridized carbons (Fsp3) is 0.120. The minimum Gasteiger partial charge on any atom is -0.492 e. The zero-order chi connectivity index (χ0) is 21.6. The molecule has 0 fully saturated rings. The van der Waals surface area contributed by atoms with Gasteiger partial charge in [0.05, 0.1) is 23.6 Å². The van der Waals surface area contributed by atoms with Crippen LogP contribution in [0.5, 0.6) is 5.75 Å². The van der Waals surface area contributed by atoms with E-state index in [1.807, 2.05) is 68.4 Å². The van der Waals surface area contributed by atoms with E-state index in [1.54, 1.807) is 24.7 Å². The Morgan fingerprint density at radius 2 is 1.71 bits per heavy atom. The minimum absolute atomic E-state index is 0.311. The van der Waals surface area contributed by atoms with Crippen molar-refractivity contribution in [3.05, 3.63) is 90.4 Å². The molecule has 154 valence electrons. The van der Waals surface area contributed by atoms with Crippen molar-refractivity contribution in [2.75, 3.05) is 11.9 Å². The first-order valence-corrected chi connectivity index (χ1v) is 10.0. The van der Waals surface area contributed by atoms with E-state index in [1.165, 1.54) is 0 Å². The Morgan fingerprint density at radius 1 is 0.968 bits per heavy atom. The number of benzene rings is 2. The number of aromatic nitrogens is 3. The first-order valence-electron chi connectivity index (χ1n) is 10.0. The number of hydrogen-bond acceptors (Lipinski definition) is 5. The van der Waals surface area contributed by atoms with Crippen molar-refractivity contribution in [2.24, 2.45) is 0 Å². The van der Waals surface area contributed by atoms with Crippen LogP contribution >= 0.6 is 0 Å². The van der Waals surface area contributed by atoms with Crippen LogP contribution in [0.15, 0.2) is 79.3 Å². The second-order valence-electron chi connectivity index (χ2n) is 6.94. The second-order valence-corrected chi connectivity index (χ2v) is 6.94. The first kappa shape index (κ1) is 20.2. The molecule has 0 saturated carbocycles. The number of aryl methyl sites for hydroxylation is 1. The largest absolute Gasteiger partial charge is 0.492 e. The van der Waals surface area contributed by atoms with Gasteiger partial charge >= 0.3 is 0 Å². The van der Waals surface area contributed by atoms with E-state index in [9.17, 15) is 4.79 Å². The van der Waals surface area contributed by atoms with Gasteiger partial charge in [-0.3, -0.25) is 9.78 Å². The average molecular weight is 410 g/mol. The molecule has 0 aliphatic rings. The summed E-state index contributed by atoms with van der Waals surface area (Å²) in [4.78, 5) is 26.5. The SMILES string of the molecule is CCOc1ccccc1NC(=O)c1cnc(-c2ccc(C)cc2)nc1-c1ccncc1. The number of nitrogens with one attached hydrogen (secondary N) is 1. The number of para-hydroxylation sites is 2. The third-order valence-electron chi connectivity index (χ3n) is 4.73. The predicted octanol–water partition coefficient (Wildman–Crippen LogP) is 5.17. The Bertz CT molecular complexity index is 1190. The van der Waals surface area contributed by atoms with Gasteiger partial charge in [-0.25, -0.2) is 9.97 Å². The number of hydrogen-bond donors (Lipinski definition) is 1. The number of anilines is 1. The standard InChI is InChI=1S/C25H22N4O2/c1-3-31-22-7-5-4-6-21(22)28-25(30)20-16-27-24(19-10-8-17(2)9-11-19)29-23(20)18-12-14-26-15-13-18/h4-16H,3H2,1-2H3,(H,28,30). The van der Waals surface area contributed by atoms with E-state index in [0.717, 1.165) is 16.7 Å². The number of ether oxygens (including phenoxy) is 1. The first-order chi connectivity index (χ1) is 15.2. The van der Waals surface area contributed by atoms with Crippen molar-refractivity contribution in [3.8, 4) is 28.4 Å². The Morgan fingerprint density at radius 3 is 2.45 bits per heavy atom. The molecule has 0 aliphatic carbocycles. The number of carbonyl (C=O) groups is 1. The van der Waals surface area contributed by atoms with Crippen LogP contribution in [-0.4, -0.2) is 27.5 Å². The van der Waals surface area contributed by atoms with E-state index in [4.69, 9.17) is 9.72 Å². The Labute approximate surface area is 181 Å². The Hall–Kier alpha value is -4.06. The zero-order valence-electron chi connectivity index (χ0n) is 17.4. The van der Waals surface area contributed by atoms with Gasteiger partial charge in [-0.1, -0.05) is 42.0 Å². The molecule has 4 aromatic rings. The highest BCUT2D eigenvalue weighted by atomic mass is 16.5. The van der Waals surface area contributed by atoms with Crippen LogP contribution in [0, 0.1) is 6.92 Å². The molecule has 6 heteroatoms. The lowest BCUT2D eigenvalue weighted by Gasteiger charge is -2.13. The Kier molecular flexibility index (Phi) is 5.98. The maximum atomic E-state index is 13.2. The molecule has 6 nitrogen and oxygen atoms in total. The van der Waals surface area contributed by atoms with Gasteiger partial charge in [0.15, 0.2) is 5.82 Å². The Balaban J connectivity index is 1.75. The molecule has 0 saturated heterocycles. The van der Waals surface area contributed by atoms with Crippen molar-refractivity contribution in [2.45, 2.75) is 13.8 Å². The van der Waals surface area contributed by atoms with Gasteiger partial charge < -0.3 is 10.1 Å². The van der Waals surface area contributed by atoms with Crippen LogP contribution in [0.2, 0.25) is 0 Å². The number of amides is 1. The van der Waals surface area contributed by atoms with E-state index in [2.05, 4.69) is 15.3 Å². The van der Waals surface area contributed by atoms with Crippen LogP contribution < -0.4 is 10.1 Å². The fourth-order valence-electron chi connectivity index (χ4n) is 3.16. The molecule has 0 unspecified atom stereocenters. The maximum Gasteiger partial charge on any atom is 0.259 e. The maximum absolute atomic E-state index is 13.2. The third-order valence-corrected chi connectivity index (χ3v) is 4.73. The molecule has 0 aliphatic heterocycles. The van der Waals surface area contributed by atoms with Crippen molar-refractivity contribution in [1.29, 1.82) is 0 Å². The van der Waals surface area contributed by atoms with E-state index in [-0.39, 0.29) is 5.91 Å². The summed E-state index contributed by atoms with van der Waals surface area (Å²) in [6.45, 7) is 4.43. The highest BCUT2D eigenvalue weighted by Gasteiger charge is 2.18. The monoisotopic (exact) mass is 410 g/mol. The summed E-state index contributed by atoms with van der Waals surface area (Å²) in [6, 6.07) is 18.9. The summed E-state index contributed by atoms with van der Waals surface area (Å²) >= 11 is 0. The van der Waals surface area contributed by atoms with Crippen molar-refractivity contribution < 1.29 is 9.53 Å². The van der Waals surface area contributed by atoms with Crippen LogP contribution in [0.25, 0.3) is 22.6 Å². The van der Waals surface area contributed by atoms with Crippen molar-refractivity contribution in [1.82, 2.24) is 15.0 Å². The second kappa shape index (κ2) is 9.17. The molecule has 2 aromatic carbocycles.